The minimum Gasteiger partial charge on any atom is -0.466 e. The monoisotopic (exact) mass is 488 g/mol. The van der Waals surface area contributed by atoms with Gasteiger partial charge in [0.2, 0.25) is 0 Å². The summed E-state index contributed by atoms with van der Waals surface area (Å²) in [6, 6.07) is 37.1. The average molecular weight is 489 g/mol. The van der Waals surface area contributed by atoms with Gasteiger partial charge in [0, 0.05) is 23.5 Å². The van der Waals surface area contributed by atoms with E-state index >= 15 is 0 Å². The van der Waals surface area contributed by atoms with Crippen LogP contribution in [-0.4, -0.2) is 13.1 Å². The number of methoxy groups -OCH3 is 1. The Morgan fingerprint density at radius 1 is 0.784 bits per heavy atom. The van der Waals surface area contributed by atoms with Gasteiger partial charge in [0.25, 0.3) is 0 Å². The average Bonchev–Trinajstić information content (AvgIpc) is 2.93. The fraction of sp³-hybridized carbons (Fsp3) is 0.182. The number of para-hydroxylation sites is 2. The molecule has 0 fully saturated rings. The molecule has 4 aromatic rings. The van der Waals surface area contributed by atoms with Gasteiger partial charge in [-0.15, -0.1) is 0 Å². The zero-order chi connectivity index (χ0) is 25.8. The number of hydrogen-bond acceptors (Lipinski definition) is 4. The van der Waals surface area contributed by atoms with Crippen molar-refractivity contribution >= 4 is 17.3 Å². The van der Waals surface area contributed by atoms with Gasteiger partial charge in [-0.25, -0.2) is 4.79 Å². The lowest BCUT2D eigenvalue weighted by Crippen LogP contribution is -2.41. The Bertz CT molecular complexity index is 1410. The maximum Gasteiger partial charge on any atom is 0.337 e. The van der Waals surface area contributed by atoms with Crippen LogP contribution in [0.2, 0.25) is 0 Å². The molecule has 1 heterocycles. The highest BCUT2D eigenvalue weighted by Gasteiger charge is 2.41. The first-order valence-corrected chi connectivity index (χ1v) is 12.6. The van der Waals surface area contributed by atoms with Gasteiger partial charge in [-0.2, -0.15) is 0 Å². The number of esters is 1. The summed E-state index contributed by atoms with van der Waals surface area (Å²) in [7, 11) is 1.46. The van der Waals surface area contributed by atoms with Crippen LogP contribution in [0.4, 0.5) is 11.4 Å². The van der Waals surface area contributed by atoms with Crippen LogP contribution in [0.25, 0.3) is 0 Å². The van der Waals surface area contributed by atoms with E-state index in [-0.39, 0.29) is 18.1 Å². The molecule has 1 aliphatic rings. The van der Waals surface area contributed by atoms with Gasteiger partial charge < -0.3 is 15.0 Å². The first-order valence-electron chi connectivity index (χ1n) is 12.6. The van der Waals surface area contributed by atoms with Gasteiger partial charge in [-0.3, -0.25) is 0 Å². The van der Waals surface area contributed by atoms with Crippen LogP contribution in [0.5, 0.6) is 0 Å². The summed E-state index contributed by atoms with van der Waals surface area (Å²) in [5, 5.41) is 3.60. The molecule has 0 aromatic heterocycles. The van der Waals surface area contributed by atoms with E-state index in [1.807, 2.05) is 36.4 Å². The number of nitrogens with zero attached hydrogens (tertiary/aromatic N) is 1. The number of nitrogens with one attached hydrogen (secondary N) is 1. The summed E-state index contributed by atoms with van der Waals surface area (Å²) in [5.74, 6) is -0.325. The second kappa shape index (κ2) is 10.8. The van der Waals surface area contributed by atoms with Crippen LogP contribution in [0.15, 0.2) is 120 Å². The molecule has 0 bridgehead atoms. The minimum absolute atomic E-state index is 0.00701. The minimum atomic E-state index is -0.347. The van der Waals surface area contributed by atoms with Gasteiger partial charge in [-0.1, -0.05) is 96.1 Å². The lowest BCUT2D eigenvalue weighted by molar-refractivity contribution is -0.136. The van der Waals surface area contributed by atoms with Gasteiger partial charge in [0.1, 0.15) is 0 Å². The fourth-order valence-corrected chi connectivity index (χ4v) is 5.30. The maximum absolute atomic E-state index is 13.6. The summed E-state index contributed by atoms with van der Waals surface area (Å²) in [4.78, 5) is 15.9. The number of ether oxygens (including phenoxy) is 1. The normalized spacial score (nSPS) is 17.4. The molecule has 5 rings (SSSR count). The Morgan fingerprint density at radius 3 is 2.00 bits per heavy atom. The fourth-order valence-electron chi connectivity index (χ4n) is 5.30. The van der Waals surface area contributed by atoms with Crippen LogP contribution in [-0.2, 0) is 9.53 Å². The third-order valence-electron chi connectivity index (χ3n) is 6.92. The number of carbonyl (C=O) groups excluding carboxylic acids is 1. The summed E-state index contributed by atoms with van der Waals surface area (Å²) < 4.78 is 5.42. The van der Waals surface area contributed by atoms with E-state index in [1.54, 1.807) is 0 Å². The van der Waals surface area contributed by atoms with Gasteiger partial charge in [0.15, 0.2) is 0 Å². The lowest BCUT2D eigenvalue weighted by atomic mass is 9.83. The maximum atomic E-state index is 13.6. The Labute approximate surface area is 219 Å². The second-order valence-corrected chi connectivity index (χ2v) is 9.57. The zero-order valence-corrected chi connectivity index (χ0v) is 21.5. The largest absolute Gasteiger partial charge is 0.466 e. The van der Waals surface area contributed by atoms with E-state index in [2.05, 4.69) is 96.9 Å². The third kappa shape index (κ3) is 5.14. The molecule has 37 heavy (non-hydrogen) atoms. The second-order valence-electron chi connectivity index (χ2n) is 9.57. The number of carbonyl (C=O) groups is 1. The van der Waals surface area contributed by atoms with Crippen LogP contribution in [0.1, 0.15) is 40.8 Å². The molecule has 0 radical (unpaired) electrons. The highest BCUT2D eigenvalue weighted by molar-refractivity contribution is 5.93. The Morgan fingerprint density at radius 2 is 1.38 bits per heavy atom. The molecular formula is C33H32N2O2. The summed E-state index contributed by atoms with van der Waals surface area (Å²) >= 11 is 0. The van der Waals surface area contributed by atoms with Crippen molar-refractivity contribution < 1.29 is 9.53 Å². The van der Waals surface area contributed by atoms with E-state index in [1.165, 1.54) is 18.2 Å². The van der Waals surface area contributed by atoms with Gasteiger partial charge in [0.05, 0.1) is 24.8 Å². The standard InChI is InChI=1S/C33H32N2O2/c1-23-12-10-14-25(20-23)30-22-29(34-27-16-6-4-7-17-27)31(33(36)37-3)32(26-15-11-13-24(2)21-26)35(30)28-18-8-5-9-19-28/h4-21,30,32,34H,22H2,1-3H3. The predicted molar refractivity (Wildman–Crippen MR) is 150 cm³/mol. The van der Waals surface area contributed by atoms with Gasteiger partial charge in [-0.05, 0) is 49.2 Å². The van der Waals surface area contributed by atoms with Gasteiger partial charge >= 0.3 is 5.97 Å². The molecule has 186 valence electrons. The molecule has 1 N–H and O–H groups in total. The number of hydrogen-bond donors (Lipinski definition) is 1. The summed E-state index contributed by atoms with van der Waals surface area (Å²) in [6.45, 7) is 4.21. The molecular weight excluding hydrogens is 456 g/mol. The van der Waals surface area contributed by atoms with Crippen LogP contribution in [0.3, 0.4) is 0 Å². The highest BCUT2D eigenvalue weighted by atomic mass is 16.5. The molecule has 0 amide bonds. The topological polar surface area (TPSA) is 41.6 Å². The quantitative estimate of drug-likeness (QED) is 0.285. The molecule has 4 heteroatoms. The Hall–Kier alpha value is -4.31. The predicted octanol–water partition coefficient (Wildman–Crippen LogP) is 7.54. The van der Waals surface area contributed by atoms with Crippen molar-refractivity contribution in [3.8, 4) is 0 Å². The van der Waals surface area contributed by atoms with Crippen molar-refractivity contribution in [1.82, 2.24) is 0 Å². The molecule has 4 aromatic carbocycles. The zero-order valence-electron chi connectivity index (χ0n) is 21.5. The van der Waals surface area contributed by atoms with Crippen molar-refractivity contribution in [2.75, 3.05) is 17.3 Å². The van der Waals surface area contributed by atoms with Crippen molar-refractivity contribution in [2.45, 2.75) is 32.4 Å². The van der Waals surface area contributed by atoms with E-state index in [0.29, 0.717) is 12.0 Å². The smallest absolute Gasteiger partial charge is 0.337 e. The third-order valence-corrected chi connectivity index (χ3v) is 6.92. The molecule has 1 aliphatic heterocycles. The number of benzene rings is 4. The van der Waals surface area contributed by atoms with E-state index in [4.69, 9.17) is 4.74 Å². The first kappa shape index (κ1) is 24.4. The molecule has 4 nitrogen and oxygen atoms in total. The molecule has 2 unspecified atom stereocenters. The Balaban J connectivity index is 1.79. The van der Waals surface area contributed by atoms with E-state index in [9.17, 15) is 4.79 Å². The lowest BCUT2D eigenvalue weighted by Gasteiger charge is -2.46. The van der Waals surface area contributed by atoms with Crippen molar-refractivity contribution in [3.63, 3.8) is 0 Å². The van der Waals surface area contributed by atoms with Crippen LogP contribution in [0, 0.1) is 13.8 Å². The number of rotatable bonds is 6. The van der Waals surface area contributed by atoms with Crippen molar-refractivity contribution in [1.29, 1.82) is 0 Å². The molecule has 0 aliphatic carbocycles. The van der Waals surface area contributed by atoms with E-state index in [0.717, 1.165) is 28.2 Å². The number of anilines is 2. The molecule has 2 atom stereocenters. The summed E-state index contributed by atoms with van der Waals surface area (Å²) in [5.41, 5.74) is 8.11. The molecule has 0 spiro atoms. The molecule has 0 saturated heterocycles. The van der Waals surface area contributed by atoms with E-state index < -0.39 is 0 Å². The van der Waals surface area contributed by atoms with Crippen molar-refractivity contribution in [3.05, 3.63) is 143 Å². The highest BCUT2D eigenvalue weighted by Crippen LogP contribution is 2.48. The first-order chi connectivity index (χ1) is 18.0. The molecule has 0 saturated carbocycles. The SMILES string of the molecule is COC(=O)C1=C(Nc2ccccc2)CC(c2cccc(C)c2)N(c2ccccc2)C1c1cccc(C)c1. The summed E-state index contributed by atoms with van der Waals surface area (Å²) in [6.07, 6.45) is 0.625. The van der Waals surface area contributed by atoms with Crippen molar-refractivity contribution in [2.24, 2.45) is 0 Å². The van der Waals surface area contributed by atoms with Crippen LogP contribution < -0.4 is 10.2 Å². The Kier molecular flexibility index (Phi) is 7.09. The van der Waals surface area contributed by atoms with Crippen LogP contribution >= 0.6 is 0 Å². The number of aryl methyl sites for hydroxylation is 2.